The smallest absolute Gasteiger partial charge is 0.248 e. The largest absolute Gasteiger partial charge is 0.457 e. The molecule has 0 saturated heterocycles. The molecular weight excluding hydrogens is 383 g/mol. The first-order valence-electron chi connectivity index (χ1n) is 8.05. The molecule has 1 heterocycles. The normalized spacial score (nSPS) is 10.7. The zero-order valence-corrected chi connectivity index (χ0v) is 15.6. The number of hydrogen-bond acceptors (Lipinski definition) is 3. The molecule has 0 bridgehead atoms. The minimum absolute atomic E-state index is 0.285. The lowest BCUT2D eigenvalue weighted by Crippen LogP contribution is -2.07. The summed E-state index contributed by atoms with van der Waals surface area (Å²) in [5.41, 5.74) is 2.31. The van der Waals surface area contributed by atoms with E-state index in [2.05, 4.69) is 11.4 Å². The summed E-state index contributed by atoms with van der Waals surface area (Å²) in [6, 6.07) is 17.9. The van der Waals surface area contributed by atoms with Gasteiger partial charge in [0.1, 0.15) is 11.5 Å². The molecule has 0 saturated carbocycles. The van der Waals surface area contributed by atoms with Crippen LogP contribution < -0.4 is 5.32 Å². The molecule has 3 rings (SSSR count). The van der Waals surface area contributed by atoms with Gasteiger partial charge in [0.05, 0.1) is 12.5 Å². The van der Waals surface area contributed by atoms with Crippen molar-refractivity contribution in [1.82, 2.24) is 0 Å². The molecule has 1 amide bonds. The standard InChI is InChI=1S/C21H14Cl2N2O2/c22-16-11-15(12-17(23)13-16)20-7-5-19(27-20)6-8-21(26)25-18-3-1-14(2-4-18)9-10-24/h1-8,11-13H,9H2,(H,25,26)/b8-6+. The predicted octanol–water partition coefficient (Wildman–Crippen LogP) is 5.97. The Kier molecular flexibility index (Phi) is 5.97. The van der Waals surface area contributed by atoms with Crippen molar-refractivity contribution >= 4 is 40.9 Å². The van der Waals surface area contributed by atoms with E-state index in [9.17, 15) is 4.79 Å². The van der Waals surface area contributed by atoms with Gasteiger partial charge >= 0.3 is 0 Å². The number of hydrogen-bond donors (Lipinski definition) is 1. The van der Waals surface area contributed by atoms with Crippen molar-refractivity contribution in [1.29, 1.82) is 5.26 Å². The van der Waals surface area contributed by atoms with Crippen LogP contribution in [0.4, 0.5) is 5.69 Å². The number of nitrogens with one attached hydrogen (secondary N) is 1. The van der Waals surface area contributed by atoms with Crippen LogP contribution in [0.2, 0.25) is 10.0 Å². The minimum Gasteiger partial charge on any atom is -0.457 e. The Morgan fingerprint density at radius 1 is 1.07 bits per heavy atom. The van der Waals surface area contributed by atoms with Gasteiger partial charge in [-0.05, 0) is 54.1 Å². The van der Waals surface area contributed by atoms with Crippen LogP contribution in [0.15, 0.2) is 65.1 Å². The number of anilines is 1. The van der Waals surface area contributed by atoms with E-state index in [0.29, 0.717) is 33.7 Å². The van der Waals surface area contributed by atoms with E-state index >= 15 is 0 Å². The Hall–Kier alpha value is -3.00. The van der Waals surface area contributed by atoms with Crippen LogP contribution in [0.3, 0.4) is 0 Å². The summed E-state index contributed by atoms with van der Waals surface area (Å²) in [6.45, 7) is 0. The molecule has 0 unspecified atom stereocenters. The lowest BCUT2D eigenvalue weighted by Gasteiger charge is -2.02. The van der Waals surface area contributed by atoms with Gasteiger partial charge in [0.15, 0.2) is 0 Å². The van der Waals surface area contributed by atoms with Crippen molar-refractivity contribution in [2.45, 2.75) is 6.42 Å². The zero-order chi connectivity index (χ0) is 19.2. The fourth-order valence-corrected chi connectivity index (χ4v) is 2.96. The number of carbonyl (C=O) groups excluding carboxylic acids is 1. The van der Waals surface area contributed by atoms with E-state index in [-0.39, 0.29) is 5.91 Å². The molecule has 6 heteroatoms. The van der Waals surface area contributed by atoms with Gasteiger partial charge in [0.25, 0.3) is 0 Å². The summed E-state index contributed by atoms with van der Waals surface area (Å²) in [5, 5.41) is 12.5. The third-order valence-electron chi connectivity index (χ3n) is 3.68. The number of amides is 1. The molecule has 2 aromatic carbocycles. The minimum atomic E-state index is -0.285. The second-order valence-electron chi connectivity index (χ2n) is 5.71. The topological polar surface area (TPSA) is 66.0 Å². The van der Waals surface area contributed by atoms with Crippen LogP contribution in [0.1, 0.15) is 11.3 Å². The van der Waals surface area contributed by atoms with Gasteiger partial charge in [-0.25, -0.2) is 0 Å². The molecule has 0 aliphatic rings. The molecule has 27 heavy (non-hydrogen) atoms. The molecule has 3 aromatic rings. The van der Waals surface area contributed by atoms with Crippen molar-refractivity contribution in [3.8, 4) is 17.4 Å². The van der Waals surface area contributed by atoms with Crippen molar-refractivity contribution in [3.63, 3.8) is 0 Å². The lowest BCUT2D eigenvalue weighted by molar-refractivity contribution is -0.111. The number of furan rings is 1. The second-order valence-corrected chi connectivity index (χ2v) is 6.59. The molecule has 0 fully saturated rings. The highest BCUT2D eigenvalue weighted by Gasteiger charge is 2.06. The van der Waals surface area contributed by atoms with Gasteiger partial charge in [-0.2, -0.15) is 5.26 Å². The van der Waals surface area contributed by atoms with Gasteiger partial charge < -0.3 is 9.73 Å². The fraction of sp³-hybridized carbons (Fsp3) is 0.0476. The highest BCUT2D eigenvalue weighted by atomic mass is 35.5. The molecule has 0 atom stereocenters. The third kappa shape index (κ3) is 5.24. The van der Waals surface area contributed by atoms with Gasteiger partial charge in [-0.15, -0.1) is 0 Å². The average Bonchev–Trinajstić information content (AvgIpc) is 3.10. The van der Waals surface area contributed by atoms with Crippen LogP contribution in [0.25, 0.3) is 17.4 Å². The Bertz CT molecular complexity index is 1010. The van der Waals surface area contributed by atoms with Gasteiger partial charge in [-0.1, -0.05) is 35.3 Å². The Labute approximate surface area is 166 Å². The maximum atomic E-state index is 12.0. The van der Waals surface area contributed by atoms with Crippen LogP contribution in [0.5, 0.6) is 0 Å². The average molecular weight is 397 g/mol. The predicted molar refractivity (Wildman–Crippen MR) is 108 cm³/mol. The van der Waals surface area contributed by atoms with Gasteiger partial charge in [0.2, 0.25) is 5.91 Å². The summed E-state index contributed by atoms with van der Waals surface area (Å²) in [4.78, 5) is 12.0. The van der Waals surface area contributed by atoms with Crippen molar-refractivity contribution in [3.05, 3.63) is 82.0 Å². The SMILES string of the molecule is N#CCc1ccc(NC(=O)/C=C/c2ccc(-c3cc(Cl)cc(Cl)c3)o2)cc1. The van der Waals surface area contributed by atoms with E-state index in [4.69, 9.17) is 32.9 Å². The summed E-state index contributed by atoms with van der Waals surface area (Å²) in [5.74, 6) is 0.847. The monoisotopic (exact) mass is 396 g/mol. The highest BCUT2D eigenvalue weighted by molar-refractivity contribution is 6.35. The van der Waals surface area contributed by atoms with Crippen LogP contribution in [-0.2, 0) is 11.2 Å². The number of benzene rings is 2. The maximum absolute atomic E-state index is 12.0. The van der Waals surface area contributed by atoms with E-state index in [0.717, 1.165) is 11.1 Å². The van der Waals surface area contributed by atoms with Crippen LogP contribution in [0, 0.1) is 11.3 Å². The van der Waals surface area contributed by atoms with E-state index in [1.807, 2.05) is 0 Å². The molecular formula is C21H14Cl2N2O2. The lowest BCUT2D eigenvalue weighted by atomic mass is 10.1. The van der Waals surface area contributed by atoms with Crippen molar-refractivity contribution < 1.29 is 9.21 Å². The Morgan fingerprint density at radius 2 is 1.78 bits per heavy atom. The van der Waals surface area contributed by atoms with E-state index < -0.39 is 0 Å². The molecule has 0 spiro atoms. The quantitative estimate of drug-likeness (QED) is 0.540. The van der Waals surface area contributed by atoms with Crippen LogP contribution >= 0.6 is 23.2 Å². The summed E-state index contributed by atoms with van der Waals surface area (Å²) < 4.78 is 5.71. The summed E-state index contributed by atoms with van der Waals surface area (Å²) in [7, 11) is 0. The Morgan fingerprint density at radius 3 is 2.44 bits per heavy atom. The molecule has 4 nitrogen and oxygen atoms in total. The van der Waals surface area contributed by atoms with Crippen molar-refractivity contribution in [2.24, 2.45) is 0 Å². The zero-order valence-electron chi connectivity index (χ0n) is 14.1. The first kappa shape index (κ1) is 18.8. The number of carbonyl (C=O) groups is 1. The van der Waals surface area contributed by atoms with Gasteiger partial charge in [-0.3, -0.25) is 4.79 Å². The number of nitrogens with zero attached hydrogens (tertiary/aromatic N) is 1. The summed E-state index contributed by atoms with van der Waals surface area (Å²) in [6.07, 6.45) is 3.30. The van der Waals surface area contributed by atoms with Crippen LogP contribution in [-0.4, -0.2) is 5.91 Å². The Balaban J connectivity index is 1.65. The van der Waals surface area contributed by atoms with E-state index in [1.165, 1.54) is 6.08 Å². The first-order valence-corrected chi connectivity index (χ1v) is 8.80. The molecule has 0 aliphatic heterocycles. The molecule has 134 valence electrons. The van der Waals surface area contributed by atoms with E-state index in [1.54, 1.807) is 60.7 Å². The number of halogens is 2. The number of nitriles is 1. The highest BCUT2D eigenvalue weighted by Crippen LogP contribution is 2.28. The fourth-order valence-electron chi connectivity index (χ4n) is 2.43. The third-order valence-corrected chi connectivity index (χ3v) is 4.11. The second kappa shape index (κ2) is 8.59. The molecule has 0 aliphatic carbocycles. The number of rotatable bonds is 5. The van der Waals surface area contributed by atoms with Gasteiger partial charge in [0, 0.05) is 27.4 Å². The summed E-state index contributed by atoms with van der Waals surface area (Å²) >= 11 is 12.0. The molecule has 0 radical (unpaired) electrons. The maximum Gasteiger partial charge on any atom is 0.248 e. The van der Waals surface area contributed by atoms with Crippen molar-refractivity contribution in [2.75, 3.05) is 5.32 Å². The molecule has 1 N–H and O–H groups in total. The first-order chi connectivity index (χ1) is 13.0. The molecule has 1 aromatic heterocycles.